The summed E-state index contributed by atoms with van der Waals surface area (Å²) in [5.41, 5.74) is 1.17. The van der Waals surface area contributed by atoms with Crippen molar-refractivity contribution in [1.29, 1.82) is 0 Å². The molecule has 2 rings (SSSR count). The average Bonchev–Trinajstić information content (AvgIpc) is 2.69. The van der Waals surface area contributed by atoms with Gasteiger partial charge < -0.3 is 9.84 Å². The second-order valence-corrected chi connectivity index (χ2v) is 5.44. The molecule has 1 aromatic rings. The van der Waals surface area contributed by atoms with Crippen molar-refractivity contribution in [2.24, 2.45) is 0 Å². The third-order valence-corrected chi connectivity index (χ3v) is 3.99. The number of hydrogen-bond acceptors (Lipinski definition) is 3. The van der Waals surface area contributed by atoms with Gasteiger partial charge in [-0.2, -0.15) is 0 Å². The van der Waals surface area contributed by atoms with E-state index in [1.807, 2.05) is 12.1 Å². The fourth-order valence-electron chi connectivity index (χ4n) is 2.34. The van der Waals surface area contributed by atoms with Gasteiger partial charge in [0.05, 0.1) is 11.6 Å². The summed E-state index contributed by atoms with van der Waals surface area (Å²) in [7, 11) is 1.57. The zero-order valence-corrected chi connectivity index (χ0v) is 11.8. The van der Waals surface area contributed by atoms with Crippen molar-refractivity contribution in [2.45, 2.75) is 32.4 Å². The molecular formula is C13H18BrNO2. The van der Waals surface area contributed by atoms with Gasteiger partial charge in [0.1, 0.15) is 0 Å². The molecule has 1 unspecified atom stereocenters. The SMILES string of the molecule is COc1cc(CN2CCCC2C)cc(Br)c1O. The predicted octanol–water partition coefficient (Wildman–Crippen LogP) is 3.15. The first kappa shape index (κ1) is 12.7. The summed E-state index contributed by atoms with van der Waals surface area (Å²) in [5.74, 6) is 0.701. The molecule has 0 saturated carbocycles. The number of methoxy groups -OCH3 is 1. The van der Waals surface area contributed by atoms with Crippen LogP contribution in [0, 0.1) is 0 Å². The molecule has 0 bridgehead atoms. The fraction of sp³-hybridized carbons (Fsp3) is 0.538. The third kappa shape index (κ3) is 2.75. The zero-order chi connectivity index (χ0) is 12.4. The summed E-state index contributed by atoms with van der Waals surface area (Å²) in [6.45, 7) is 4.33. The minimum Gasteiger partial charge on any atom is -0.503 e. The maximum atomic E-state index is 9.75. The summed E-state index contributed by atoms with van der Waals surface area (Å²) >= 11 is 3.35. The van der Waals surface area contributed by atoms with E-state index in [2.05, 4.69) is 27.8 Å². The zero-order valence-electron chi connectivity index (χ0n) is 10.2. The Balaban J connectivity index is 2.18. The van der Waals surface area contributed by atoms with E-state index in [4.69, 9.17) is 4.74 Å². The molecule has 1 heterocycles. The molecule has 1 N–H and O–H groups in total. The molecule has 4 heteroatoms. The van der Waals surface area contributed by atoms with E-state index >= 15 is 0 Å². The number of phenols is 1. The lowest BCUT2D eigenvalue weighted by Gasteiger charge is -2.21. The molecule has 17 heavy (non-hydrogen) atoms. The standard InChI is InChI=1S/C13H18BrNO2/c1-9-4-3-5-15(9)8-10-6-11(14)13(16)12(7-10)17-2/h6-7,9,16H,3-5,8H2,1-2H3. The van der Waals surface area contributed by atoms with Gasteiger partial charge >= 0.3 is 0 Å². The molecule has 94 valence electrons. The Labute approximate surface area is 111 Å². The molecular weight excluding hydrogens is 282 g/mol. The van der Waals surface area contributed by atoms with Crippen molar-refractivity contribution >= 4 is 15.9 Å². The Morgan fingerprint density at radius 2 is 2.29 bits per heavy atom. The predicted molar refractivity (Wildman–Crippen MR) is 71.5 cm³/mol. The van der Waals surface area contributed by atoms with E-state index in [9.17, 15) is 5.11 Å². The normalized spacial score (nSPS) is 20.8. The number of benzene rings is 1. The van der Waals surface area contributed by atoms with Crippen molar-refractivity contribution in [3.8, 4) is 11.5 Å². The van der Waals surface area contributed by atoms with Crippen LogP contribution in [0.2, 0.25) is 0 Å². The van der Waals surface area contributed by atoms with E-state index in [1.165, 1.54) is 18.4 Å². The van der Waals surface area contributed by atoms with Crippen molar-refractivity contribution in [1.82, 2.24) is 4.90 Å². The molecule has 1 aromatic carbocycles. The lowest BCUT2D eigenvalue weighted by molar-refractivity contribution is 0.259. The lowest BCUT2D eigenvalue weighted by Crippen LogP contribution is -2.26. The molecule has 0 amide bonds. The summed E-state index contributed by atoms with van der Waals surface area (Å²) in [4.78, 5) is 2.46. The van der Waals surface area contributed by atoms with Crippen molar-refractivity contribution in [3.05, 3.63) is 22.2 Å². The number of aromatic hydroxyl groups is 1. The molecule has 1 saturated heterocycles. The molecule has 1 atom stereocenters. The van der Waals surface area contributed by atoms with Gasteiger partial charge in [0.25, 0.3) is 0 Å². The highest BCUT2D eigenvalue weighted by atomic mass is 79.9. The maximum absolute atomic E-state index is 9.75. The van der Waals surface area contributed by atoms with Crippen molar-refractivity contribution in [2.75, 3.05) is 13.7 Å². The molecule has 3 nitrogen and oxygen atoms in total. The summed E-state index contributed by atoms with van der Waals surface area (Å²) in [5, 5.41) is 9.75. The first-order valence-electron chi connectivity index (χ1n) is 5.91. The van der Waals surface area contributed by atoms with E-state index in [0.29, 0.717) is 16.3 Å². The summed E-state index contributed by atoms with van der Waals surface area (Å²) < 4.78 is 5.85. The minimum absolute atomic E-state index is 0.172. The van der Waals surface area contributed by atoms with Crippen LogP contribution in [0.1, 0.15) is 25.3 Å². The molecule has 0 radical (unpaired) electrons. The molecule has 0 spiro atoms. The van der Waals surface area contributed by atoms with Crippen LogP contribution in [0.4, 0.5) is 0 Å². The lowest BCUT2D eigenvalue weighted by atomic mass is 10.1. The maximum Gasteiger partial charge on any atom is 0.172 e. The molecule has 1 aliphatic heterocycles. The van der Waals surface area contributed by atoms with Crippen LogP contribution in [-0.2, 0) is 6.54 Å². The highest BCUT2D eigenvalue weighted by molar-refractivity contribution is 9.10. The third-order valence-electron chi connectivity index (χ3n) is 3.38. The van der Waals surface area contributed by atoms with Gasteiger partial charge in [0.15, 0.2) is 11.5 Å². The van der Waals surface area contributed by atoms with Crippen LogP contribution < -0.4 is 4.74 Å². The van der Waals surface area contributed by atoms with Gasteiger partial charge in [-0.15, -0.1) is 0 Å². The van der Waals surface area contributed by atoms with Gasteiger partial charge in [-0.3, -0.25) is 4.90 Å². The van der Waals surface area contributed by atoms with E-state index < -0.39 is 0 Å². The second kappa shape index (κ2) is 5.27. The highest BCUT2D eigenvalue weighted by Gasteiger charge is 2.20. The number of likely N-dealkylation sites (tertiary alicyclic amines) is 1. The molecule has 0 aliphatic carbocycles. The number of halogens is 1. The fourth-order valence-corrected chi connectivity index (χ4v) is 2.83. The second-order valence-electron chi connectivity index (χ2n) is 4.59. The van der Waals surface area contributed by atoms with Gasteiger partial charge in [-0.1, -0.05) is 0 Å². The van der Waals surface area contributed by atoms with Crippen LogP contribution in [0.25, 0.3) is 0 Å². The Morgan fingerprint density at radius 3 is 2.88 bits per heavy atom. The first-order chi connectivity index (χ1) is 8.11. The van der Waals surface area contributed by atoms with Crippen molar-refractivity contribution < 1.29 is 9.84 Å². The quantitative estimate of drug-likeness (QED) is 0.931. The van der Waals surface area contributed by atoms with Crippen LogP contribution in [0.3, 0.4) is 0 Å². The Hall–Kier alpha value is -0.740. The number of rotatable bonds is 3. The molecule has 1 fully saturated rings. The van der Waals surface area contributed by atoms with Crippen LogP contribution in [0.15, 0.2) is 16.6 Å². The van der Waals surface area contributed by atoms with Gasteiger partial charge in [-0.05, 0) is 59.9 Å². The Bertz CT molecular complexity index is 409. The van der Waals surface area contributed by atoms with Gasteiger partial charge in [-0.25, -0.2) is 0 Å². The number of ether oxygens (including phenoxy) is 1. The van der Waals surface area contributed by atoms with Gasteiger partial charge in [0, 0.05) is 12.6 Å². The van der Waals surface area contributed by atoms with Crippen LogP contribution in [-0.4, -0.2) is 29.7 Å². The molecule has 1 aliphatic rings. The van der Waals surface area contributed by atoms with E-state index in [1.54, 1.807) is 7.11 Å². The first-order valence-corrected chi connectivity index (χ1v) is 6.70. The molecule has 0 aromatic heterocycles. The number of hydrogen-bond donors (Lipinski definition) is 1. The summed E-state index contributed by atoms with van der Waals surface area (Å²) in [6.07, 6.45) is 2.55. The summed E-state index contributed by atoms with van der Waals surface area (Å²) in [6, 6.07) is 4.52. The smallest absolute Gasteiger partial charge is 0.172 e. The van der Waals surface area contributed by atoms with E-state index in [0.717, 1.165) is 13.1 Å². The average molecular weight is 300 g/mol. The topological polar surface area (TPSA) is 32.7 Å². The van der Waals surface area contributed by atoms with Crippen LogP contribution in [0.5, 0.6) is 11.5 Å². The van der Waals surface area contributed by atoms with E-state index in [-0.39, 0.29) is 5.75 Å². The van der Waals surface area contributed by atoms with Crippen molar-refractivity contribution in [3.63, 3.8) is 0 Å². The highest BCUT2D eigenvalue weighted by Crippen LogP contribution is 2.36. The monoisotopic (exact) mass is 299 g/mol. The largest absolute Gasteiger partial charge is 0.503 e. The van der Waals surface area contributed by atoms with Gasteiger partial charge in [0.2, 0.25) is 0 Å². The number of nitrogens with zero attached hydrogens (tertiary/aromatic N) is 1. The van der Waals surface area contributed by atoms with Crippen LogP contribution >= 0.6 is 15.9 Å². The minimum atomic E-state index is 0.172. The Morgan fingerprint density at radius 1 is 1.53 bits per heavy atom. The Kier molecular flexibility index (Phi) is 3.94. The number of phenolic OH excluding ortho intramolecular Hbond substituents is 1.